The summed E-state index contributed by atoms with van der Waals surface area (Å²) in [5, 5.41) is 6.14. The van der Waals surface area contributed by atoms with Crippen molar-refractivity contribution < 1.29 is 19.1 Å². The molecule has 10 heteroatoms. The lowest BCUT2D eigenvalue weighted by Gasteiger charge is -2.27. The van der Waals surface area contributed by atoms with E-state index in [9.17, 15) is 14.4 Å². The number of thiazole rings is 1. The summed E-state index contributed by atoms with van der Waals surface area (Å²) in [6.07, 6.45) is 5.02. The number of hydrogen-bond acceptors (Lipinski definition) is 6. The quantitative estimate of drug-likeness (QED) is 0.526. The predicted molar refractivity (Wildman–Crippen MR) is 115 cm³/mol. The molecule has 0 aliphatic heterocycles. The Kier molecular flexibility index (Phi) is 7.64. The third-order valence-electron chi connectivity index (χ3n) is 4.62. The zero-order chi connectivity index (χ0) is 21.5. The van der Waals surface area contributed by atoms with E-state index < -0.39 is 17.9 Å². The van der Waals surface area contributed by atoms with Crippen LogP contribution in [0.25, 0.3) is 0 Å². The smallest absolute Gasteiger partial charge is 0.357 e. The molecule has 1 heterocycles. The number of urea groups is 1. The number of amides is 3. The maximum Gasteiger partial charge on any atom is 0.357 e. The lowest BCUT2D eigenvalue weighted by molar-refractivity contribution is 0.0520. The molecule has 0 bridgehead atoms. The lowest BCUT2D eigenvalue weighted by atomic mass is 9.96. The number of esters is 1. The van der Waals surface area contributed by atoms with Gasteiger partial charge in [-0.05, 0) is 44.0 Å². The SMILES string of the molecule is CCOC(=O)c1csc(N(NC(=O)c2ccc(Cl)cc2)C(=O)NC2CCCCC2)n1. The van der Waals surface area contributed by atoms with Crippen molar-refractivity contribution >= 4 is 46.0 Å². The molecule has 1 aliphatic carbocycles. The summed E-state index contributed by atoms with van der Waals surface area (Å²) in [7, 11) is 0. The first-order valence-electron chi connectivity index (χ1n) is 9.77. The molecule has 1 saturated carbocycles. The van der Waals surface area contributed by atoms with Gasteiger partial charge in [-0.2, -0.15) is 5.01 Å². The summed E-state index contributed by atoms with van der Waals surface area (Å²) >= 11 is 6.94. The zero-order valence-corrected chi connectivity index (χ0v) is 18.1. The predicted octanol–water partition coefficient (Wildman–Crippen LogP) is 4.17. The van der Waals surface area contributed by atoms with Crippen molar-refractivity contribution in [2.45, 2.75) is 45.1 Å². The van der Waals surface area contributed by atoms with E-state index >= 15 is 0 Å². The average molecular weight is 451 g/mol. The van der Waals surface area contributed by atoms with E-state index in [0.29, 0.717) is 10.6 Å². The lowest BCUT2D eigenvalue weighted by Crippen LogP contribution is -2.53. The molecule has 0 radical (unpaired) electrons. The molecule has 2 aromatic rings. The molecule has 1 aromatic heterocycles. The first kappa shape index (κ1) is 22.0. The van der Waals surface area contributed by atoms with Gasteiger partial charge in [-0.3, -0.25) is 10.2 Å². The van der Waals surface area contributed by atoms with E-state index in [1.165, 1.54) is 5.38 Å². The molecule has 1 aromatic carbocycles. The van der Waals surface area contributed by atoms with E-state index in [0.717, 1.165) is 48.4 Å². The van der Waals surface area contributed by atoms with E-state index in [1.807, 2.05) is 0 Å². The van der Waals surface area contributed by atoms with Gasteiger partial charge in [0, 0.05) is 22.0 Å². The van der Waals surface area contributed by atoms with Crippen molar-refractivity contribution in [3.05, 3.63) is 45.9 Å². The van der Waals surface area contributed by atoms with Crippen LogP contribution in [0.5, 0.6) is 0 Å². The summed E-state index contributed by atoms with van der Waals surface area (Å²) in [5.74, 6) is -1.09. The minimum Gasteiger partial charge on any atom is -0.461 e. The second-order valence-corrected chi connectivity index (χ2v) is 8.08. The van der Waals surface area contributed by atoms with Crippen molar-refractivity contribution in [1.82, 2.24) is 15.7 Å². The monoisotopic (exact) mass is 450 g/mol. The van der Waals surface area contributed by atoms with E-state index in [2.05, 4.69) is 15.7 Å². The largest absolute Gasteiger partial charge is 0.461 e. The minimum absolute atomic E-state index is 0.0330. The molecular weight excluding hydrogens is 428 g/mol. The van der Waals surface area contributed by atoms with Gasteiger partial charge in [0.05, 0.1) is 6.61 Å². The molecule has 30 heavy (non-hydrogen) atoms. The number of hydrazine groups is 1. The summed E-state index contributed by atoms with van der Waals surface area (Å²) in [5.41, 5.74) is 2.99. The Morgan fingerprint density at radius 2 is 1.90 bits per heavy atom. The number of nitrogens with one attached hydrogen (secondary N) is 2. The molecule has 8 nitrogen and oxygen atoms in total. The van der Waals surface area contributed by atoms with Gasteiger partial charge in [0.1, 0.15) is 0 Å². The number of rotatable bonds is 5. The Morgan fingerprint density at radius 1 is 1.20 bits per heavy atom. The van der Waals surface area contributed by atoms with Gasteiger partial charge >= 0.3 is 12.0 Å². The van der Waals surface area contributed by atoms with Crippen LogP contribution in [0.1, 0.15) is 59.9 Å². The van der Waals surface area contributed by atoms with Crippen LogP contribution in [0.15, 0.2) is 29.6 Å². The number of carbonyl (C=O) groups excluding carboxylic acids is 3. The van der Waals surface area contributed by atoms with Gasteiger partial charge in [-0.25, -0.2) is 14.6 Å². The fourth-order valence-corrected chi connectivity index (χ4v) is 3.98. The van der Waals surface area contributed by atoms with Crippen molar-refractivity contribution in [3.63, 3.8) is 0 Å². The van der Waals surface area contributed by atoms with Crippen LogP contribution in [0, 0.1) is 0 Å². The van der Waals surface area contributed by atoms with E-state index in [1.54, 1.807) is 31.2 Å². The molecule has 3 amide bonds. The normalized spacial score (nSPS) is 14.1. The van der Waals surface area contributed by atoms with Crippen LogP contribution in [0.4, 0.5) is 9.93 Å². The summed E-state index contributed by atoms with van der Waals surface area (Å²) in [6.45, 7) is 1.91. The van der Waals surface area contributed by atoms with Crippen molar-refractivity contribution in [3.8, 4) is 0 Å². The molecule has 0 unspecified atom stereocenters. The number of nitrogens with zero attached hydrogens (tertiary/aromatic N) is 2. The maximum absolute atomic E-state index is 13.0. The fraction of sp³-hybridized carbons (Fsp3) is 0.400. The second-order valence-electron chi connectivity index (χ2n) is 6.80. The van der Waals surface area contributed by atoms with Gasteiger partial charge in [0.25, 0.3) is 5.91 Å². The number of hydrogen-bond donors (Lipinski definition) is 2. The summed E-state index contributed by atoms with van der Waals surface area (Å²) in [4.78, 5) is 41.8. The van der Waals surface area contributed by atoms with E-state index in [4.69, 9.17) is 16.3 Å². The minimum atomic E-state index is -0.586. The highest BCUT2D eigenvalue weighted by molar-refractivity contribution is 7.14. The highest BCUT2D eigenvalue weighted by Crippen LogP contribution is 2.22. The third kappa shape index (κ3) is 5.70. The first-order valence-corrected chi connectivity index (χ1v) is 11.0. The maximum atomic E-state index is 13.0. The topological polar surface area (TPSA) is 101 Å². The number of benzene rings is 1. The highest BCUT2D eigenvalue weighted by atomic mass is 35.5. The van der Waals surface area contributed by atoms with Gasteiger partial charge in [-0.1, -0.05) is 30.9 Å². The van der Waals surface area contributed by atoms with Crippen LogP contribution in [-0.2, 0) is 4.74 Å². The molecule has 1 aliphatic rings. The molecule has 0 atom stereocenters. The highest BCUT2D eigenvalue weighted by Gasteiger charge is 2.26. The van der Waals surface area contributed by atoms with Gasteiger partial charge in [0.15, 0.2) is 5.69 Å². The Morgan fingerprint density at radius 3 is 2.57 bits per heavy atom. The zero-order valence-electron chi connectivity index (χ0n) is 16.5. The molecule has 2 N–H and O–H groups in total. The number of carbonyl (C=O) groups is 3. The Balaban J connectivity index is 1.80. The van der Waals surface area contributed by atoms with Crippen LogP contribution < -0.4 is 15.8 Å². The number of ether oxygens (including phenoxy) is 1. The van der Waals surface area contributed by atoms with Crippen LogP contribution in [0.3, 0.4) is 0 Å². The van der Waals surface area contributed by atoms with Crippen LogP contribution >= 0.6 is 22.9 Å². The van der Waals surface area contributed by atoms with Gasteiger partial charge in [0.2, 0.25) is 5.13 Å². The Bertz CT molecular complexity index is 896. The van der Waals surface area contributed by atoms with Crippen molar-refractivity contribution in [2.75, 3.05) is 11.6 Å². The van der Waals surface area contributed by atoms with Crippen molar-refractivity contribution in [2.24, 2.45) is 0 Å². The molecular formula is C20H23ClN4O4S. The molecule has 1 fully saturated rings. The van der Waals surface area contributed by atoms with Crippen LogP contribution in [0.2, 0.25) is 5.02 Å². The standard InChI is InChI=1S/C20H23ClN4O4S/c1-2-29-18(27)16-12-30-20(23-16)25(19(28)22-15-6-4-3-5-7-15)24-17(26)13-8-10-14(21)11-9-13/h8-12,15H,2-7H2,1H3,(H,22,28)(H,24,26). The fourth-order valence-electron chi connectivity index (χ4n) is 3.10. The second kappa shape index (κ2) is 10.4. The van der Waals surface area contributed by atoms with E-state index in [-0.39, 0.29) is 23.5 Å². The number of aromatic nitrogens is 1. The number of halogens is 1. The Labute approximate surface area is 183 Å². The molecule has 0 spiro atoms. The summed E-state index contributed by atoms with van der Waals surface area (Å²) in [6, 6.07) is 5.82. The van der Waals surface area contributed by atoms with Gasteiger partial charge < -0.3 is 10.1 Å². The van der Waals surface area contributed by atoms with Gasteiger partial charge in [-0.15, -0.1) is 11.3 Å². The molecule has 0 saturated heterocycles. The van der Waals surface area contributed by atoms with Crippen LogP contribution in [-0.4, -0.2) is 35.5 Å². The summed E-state index contributed by atoms with van der Waals surface area (Å²) < 4.78 is 4.95. The molecule has 3 rings (SSSR count). The van der Waals surface area contributed by atoms with Crippen molar-refractivity contribution in [1.29, 1.82) is 0 Å². The number of anilines is 1. The average Bonchev–Trinajstić information content (AvgIpc) is 3.23. The first-order chi connectivity index (χ1) is 14.5. The third-order valence-corrected chi connectivity index (χ3v) is 5.70. The Hall–Kier alpha value is -2.65. The molecule has 160 valence electrons.